The van der Waals surface area contributed by atoms with Crippen LogP contribution in [0.15, 0.2) is 36.4 Å². The molecule has 2 aliphatic heterocycles. The Bertz CT molecular complexity index is 522. The highest BCUT2D eigenvalue weighted by atomic mass is 16.5. The molecule has 1 aromatic carbocycles. The third-order valence-electron chi connectivity index (χ3n) is 4.45. The summed E-state index contributed by atoms with van der Waals surface area (Å²) in [6.45, 7) is 4.10. The number of benzene rings is 1. The zero-order valence-electron chi connectivity index (χ0n) is 12.0. The molecule has 3 rings (SSSR count). The van der Waals surface area contributed by atoms with Crippen molar-refractivity contribution < 1.29 is 9.53 Å². The summed E-state index contributed by atoms with van der Waals surface area (Å²) in [5, 5.41) is 0. The topological polar surface area (TPSA) is 29.5 Å². The van der Waals surface area contributed by atoms with Gasteiger partial charge in [0.15, 0.2) is 0 Å². The number of carbonyl (C=O) groups is 1. The van der Waals surface area contributed by atoms with Crippen LogP contribution in [0.1, 0.15) is 31.2 Å². The Morgan fingerprint density at radius 3 is 2.70 bits per heavy atom. The summed E-state index contributed by atoms with van der Waals surface area (Å²) in [7, 11) is 1.65. The van der Waals surface area contributed by atoms with E-state index in [1.54, 1.807) is 7.11 Å². The molecule has 2 unspecified atom stereocenters. The number of hydrogen-bond acceptors (Lipinski definition) is 2. The molecule has 1 amide bonds. The van der Waals surface area contributed by atoms with Crippen LogP contribution in [0.5, 0.6) is 5.75 Å². The minimum absolute atomic E-state index is 0.248. The van der Waals surface area contributed by atoms with Crippen LogP contribution in [-0.2, 0) is 11.2 Å². The molecular weight excluding hydrogens is 250 g/mol. The first-order valence-electron chi connectivity index (χ1n) is 7.28. The highest BCUT2D eigenvalue weighted by Crippen LogP contribution is 2.38. The van der Waals surface area contributed by atoms with E-state index in [4.69, 9.17) is 4.74 Å². The van der Waals surface area contributed by atoms with Crippen molar-refractivity contribution in [3.63, 3.8) is 0 Å². The van der Waals surface area contributed by atoms with Gasteiger partial charge in [0, 0.05) is 12.1 Å². The molecule has 2 heterocycles. The van der Waals surface area contributed by atoms with Crippen LogP contribution in [0.2, 0.25) is 0 Å². The fourth-order valence-electron chi connectivity index (χ4n) is 3.57. The average molecular weight is 271 g/mol. The number of ether oxygens (including phenoxy) is 1. The molecule has 0 N–H and O–H groups in total. The molecule has 2 aliphatic rings. The molecule has 20 heavy (non-hydrogen) atoms. The van der Waals surface area contributed by atoms with Crippen molar-refractivity contribution >= 4 is 5.91 Å². The fourth-order valence-corrected chi connectivity index (χ4v) is 3.57. The summed E-state index contributed by atoms with van der Waals surface area (Å²) in [6.07, 6.45) is 4.71. The molecule has 0 aliphatic carbocycles. The molecule has 0 aromatic heterocycles. The van der Waals surface area contributed by atoms with Gasteiger partial charge in [-0.1, -0.05) is 24.3 Å². The number of piperidine rings is 1. The zero-order valence-corrected chi connectivity index (χ0v) is 12.0. The Hall–Kier alpha value is -1.77. The summed E-state index contributed by atoms with van der Waals surface area (Å²) in [6, 6.07) is 8.56. The minimum Gasteiger partial charge on any atom is -0.497 e. The van der Waals surface area contributed by atoms with Crippen molar-refractivity contribution in [2.75, 3.05) is 7.11 Å². The fraction of sp³-hybridized carbons (Fsp3) is 0.471. The summed E-state index contributed by atoms with van der Waals surface area (Å²) in [5.74, 6) is 1.06. The van der Waals surface area contributed by atoms with Gasteiger partial charge in [0.25, 0.3) is 0 Å². The summed E-state index contributed by atoms with van der Waals surface area (Å²) < 4.78 is 5.21. The first-order valence-corrected chi connectivity index (χ1v) is 7.28. The van der Waals surface area contributed by atoms with E-state index in [2.05, 4.69) is 11.5 Å². The molecule has 2 fully saturated rings. The van der Waals surface area contributed by atoms with Gasteiger partial charge in [0.05, 0.1) is 13.5 Å². The number of fused-ring (bicyclic) bond motifs is 2. The Labute approximate surface area is 120 Å². The molecule has 106 valence electrons. The van der Waals surface area contributed by atoms with Gasteiger partial charge < -0.3 is 9.64 Å². The van der Waals surface area contributed by atoms with Crippen molar-refractivity contribution in [3.8, 4) is 5.75 Å². The SMILES string of the molecule is C=C1CC2CCC(C1)N2C(=O)Cc1cccc(OC)c1. The smallest absolute Gasteiger partial charge is 0.227 e. The van der Waals surface area contributed by atoms with E-state index in [1.807, 2.05) is 24.3 Å². The number of hydrogen-bond donors (Lipinski definition) is 0. The van der Waals surface area contributed by atoms with Gasteiger partial charge in [-0.2, -0.15) is 0 Å². The van der Waals surface area contributed by atoms with E-state index in [0.29, 0.717) is 18.5 Å². The van der Waals surface area contributed by atoms with Crippen LogP contribution >= 0.6 is 0 Å². The van der Waals surface area contributed by atoms with Crippen LogP contribution in [0, 0.1) is 0 Å². The van der Waals surface area contributed by atoms with E-state index in [9.17, 15) is 4.79 Å². The lowest BCUT2D eigenvalue weighted by atomic mass is 9.97. The van der Waals surface area contributed by atoms with Gasteiger partial charge in [0.1, 0.15) is 5.75 Å². The highest BCUT2D eigenvalue weighted by molar-refractivity contribution is 5.80. The van der Waals surface area contributed by atoms with Crippen LogP contribution in [0.4, 0.5) is 0 Å². The maximum Gasteiger partial charge on any atom is 0.227 e. The van der Waals surface area contributed by atoms with Crippen LogP contribution in [-0.4, -0.2) is 30.0 Å². The Balaban J connectivity index is 1.72. The molecule has 3 nitrogen and oxygen atoms in total. The van der Waals surface area contributed by atoms with Gasteiger partial charge in [-0.15, -0.1) is 0 Å². The zero-order chi connectivity index (χ0) is 14.1. The third kappa shape index (κ3) is 2.45. The van der Waals surface area contributed by atoms with E-state index >= 15 is 0 Å². The maximum absolute atomic E-state index is 12.6. The number of amides is 1. The van der Waals surface area contributed by atoms with E-state index in [0.717, 1.165) is 37.0 Å². The molecule has 3 heteroatoms. The largest absolute Gasteiger partial charge is 0.497 e. The van der Waals surface area contributed by atoms with Crippen LogP contribution in [0.3, 0.4) is 0 Å². The van der Waals surface area contributed by atoms with E-state index in [-0.39, 0.29) is 5.91 Å². The maximum atomic E-state index is 12.6. The Kier molecular flexibility index (Phi) is 3.51. The lowest BCUT2D eigenvalue weighted by molar-refractivity contribution is -0.134. The van der Waals surface area contributed by atoms with Gasteiger partial charge in [-0.3, -0.25) is 4.79 Å². The lowest BCUT2D eigenvalue weighted by Gasteiger charge is -2.36. The van der Waals surface area contributed by atoms with E-state index < -0.39 is 0 Å². The second-order valence-corrected chi connectivity index (χ2v) is 5.87. The van der Waals surface area contributed by atoms with Gasteiger partial charge in [-0.05, 0) is 43.4 Å². The minimum atomic E-state index is 0.248. The summed E-state index contributed by atoms with van der Waals surface area (Å²) in [4.78, 5) is 14.7. The van der Waals surface area contributed by atoms with Crippen LogP contribution < -0.4 is 4.74 Å². The number of carbonyl (C=O) groups excluding carboxylic acids is 1. The van der Waals surface area contributed by atoms with Gasteiger partial charge in [0.2, 0.25) is 5.91 Å². The number of rotatable bonds is 3. The molecule has 2 bridgehead atoms. The van der Waals surface area contributed by atoms with E-state index in [1.165, 1.54) is 5.57 Å². The second kappa shape index (κ2) is 5.31. The molecule has 2 saturated heterocycles. The monoisotopic (exact) mass is 271 g/mol. The van der Waals surface area contributed by atoms with Crippen molar-refractivity contribution in [1.82, 2.24) is 4.90 Å². The van der Waals surface area contributed by atoms with Gasteiger partial charge >= 0.3 is 0 Å². The molecule has 0 spiro atoms. The third-order valence-corrected chi connectivity index (χ3v) is 4.45. The first-order chi connectivity index (χ1) is 9.67. The quantitative estimate of drug-likeness (QED) is 0.791. The van der Waals surface area contributed by atoms with Crippen molar-refractivity contribution in [2.24, 2.45) is 0 Å². The molecular formula is C17H21NO2. The first kappa shape index (κ1) is 13.2. The number of methoxy groups -OCH3 is 1. The molecule has 1 aromatic rings. The van der Waals surface area contributed by atoms with Crippen molar-refractivity contribution in [2.45, 2.75) is 44.2 Å². The Morgan fingerprint density at radius 1 is 1.35 bits per heavy atom. The predicted molar refractivity (Wildman–Crippen MR) is 78.7 cm³/mol. The average Bonchev–Trinajstić information content (AvgIpc) is 2.71. The summed E-state index contributed by atoms with van der Waals surface area (Å²) in [5.41, 5.74) is 2.33. The number of nitrogens with zero attached hydrogens (tertiary/aromatic N) is 1. The second-order valence-electron chi connectivity index (χ2n) is 5.87. The Morgan fingerprint density at radius 2 is 2.05 bits per heavy atom. The lowest BCUT2D eigenvalue weighted by Crippen LogP contribution is -2.45. The molecule has 2 atom stereocenters. The summed E-state index contributed by atoms with van der Waals surface area (Å²) >= 11 is 0. The normalized spacial score (nSPS) is 24.9. The van der Waals surface area contributed by atoms with Crippen molar-refractivity contribution in [1.29, 1.82) is 0 Å². The standard InChI is InChI=1S/C17H21NO2/c1-12-8-14-6-7-15(9-12)18(14)17(19)11-13-4-3-5-16(10-13)20-2/h3-5,10,14-15H,1,6-9,11H2,2H3. The predicted octanol–water partition coefficient (Wildman–Crippen LogP) is 2.95. The molecule has 0 saturated carbocycles. The highest BCUT2D eigenvalue weighted by Gasteiger charge is 2.40. The van der Waals surface area contributed by atoms with Crippen molar-refractivity contribution in [3.05, 3.63) is 42.0 Å². The van der Waals surface area contributed by atoms with Gasteiger partial charge in [-0.25, -0.2) is 0 Å². The van der Waals surface area contributed by atoms with Crippen LogP contribution in [0.25, 0.3) is 0 Å². The molecule has 0 radical (unpaired) electrons.